The summed E-state index contributed by atoms with van der Waals surface area (Å²) in [4.78, 5) is 31.6. The number of rotatable bonds is 8. The minimum absolute atomic E-state index is 0.0426. The van der Waals surface area contributed by atoms with E-state index in [9.17, 15) is 14.7 Å². The van der Waals surface area contributed by atoms with Crippen molar-refractivity contribution < 1.29 is 19.4 Å². The van der Waals surface area contributed by atoms with Gasteiger partial charge >= 0.3 is 6.09 Å². The number of hydrogen-bond donors (Lipinski definition) is 4. The van der Waals surface area contributed by atoms with Crippen LogP contribution < -0.4 is 10.7 Å². The molecule has 0 fully saturated rings. The Bertz CT molecular complexity index is 1040. The third-order valence-corrected chi connectivity index (χ3v) is 4.40. The Labute approximate surface area is 183 Å². The number of alkyl carbamates (subject to hydrolysis) is 1. The number of H-pyrrole nitrogens is 1. The Morgan fingerprint density at radius 3 is 2.81 bits per heavy atom. The highest BCUT2D eigenvalue weighted by Crippen LogP contribution is 2.19. The smallest absolute Gasteiger partial charge is 0.408 e. The zero-order valence-electron chi connectivity index (χ0n) is 16.3. The molecule has 0 unspecified atom stereocenters. The summed E-state index contributed by atoms with van der Waals surface area (Å²) in [5.41, 5.74) is 4.12. The number of nitrogens with one attached hydrogen (secondary N) is 3. The van der Waals surface area contributed by atoms with Crippen LogP contribution in [0.2, 0.25) is 5.02 Å². The molecular weight excluding hydrogens is 422 g/mol. The van der Waals surface area contributed by atoms with Crippen molar-refractivity contribution in [3.8, 4) is 5.75 Å². The van der Waals surface area contributed by atoms with Gasteiger partial charge in [0, 0.05) is 28.9 Å². The first-order valence-corrected chi connectivity index (χ1v) is 9.65. The minimum atomic E-state index is -0.978. The number of phenolic OH excluding ortho intramolecular Hbond substituents is 1. The van der Waals surface area contributed by atoms with Crippen LogP contribution in [0, 0.1) is 0 Å². The van der Waals surface area contributed by atoms with E-state index in [2.05, 4.69) is 25.8 Å². The summed E-state index contributed by atoms with van der Waals surface area (Å²) in [5, 5.41) is 16.6. The molecule has 1 atom stereocenters. The number of carbonyl (C=O) groups is 2. The number of amides is 2. The maximum absolute atomic E-state index is 12.6. The van der Waals surface area contributed by atoms with E-state index in [0.29, 0.717) is 16.3 Å². The summed E-state index contributed by atoms with van der Waals surface area (Å²) in [7, 11) is 0. The fourth-order valence-corrected chi connectivity index (χ4v) is 2.79. The van der Waals surface area contributed by atoms with Crippen LogP contribution in [0.15, 0.2) is 66.2 Å². The molecule has 2 amide bonds. The fourth-order valence-electron chi connectivity index (χ4n) is 2.60. The average Bonchev–Trinajstić information content (AvgIpc) is 3.28. The van der Waals surface area contributed by atoms with E-state index >= 15 is 0 Å². The van der Waals surface area contributed by atoms with Gasteiger partial charge in [0.25, 0.3) is 5.91 Å². The van der Waals surface area contributed by atoms with Crippen molar-refractivity contribution in [1.82, 2.24) is 20.7 Å². The van der Waals surface area contributed by atoms with Gasteiger partial charge in [-0.1, -0.05) is 41.9 Å². The second kappa shape index (κ2) is 10.8. The van der Waals surface area contributed by atoms with Gasteiger partial charge in [-0.15, -0.1) is 0 Å². The first kappa shape index (κ1) is 21.8. The predicted molar refractivity (Wildman–Crippen MR) is 115 cm³/mol. The Kier molecular flexibility index (Phi) is 7.61. The average molecular weight is 442 g/mol. The van der Waals surface area contributed by atoms with Gasteiger partial charge in [0.15, 0.2) is 0 Å². The normalized spacial score (nSPS) is 11.8. The molecule has 10 heteroatoms. The quantitative estimate of drug-likeness (QED) is 0.315. The number of aromatic nitrogens is 2. The van der Waals surface area contributed by atoms with Gasteiger partial charge < -0.3 is 20.1 Å². The van der Waals surface area contributed by atoms with Crippen LogP contribution in [-0.2, 0) is 22.6 Å². The van der Waals surface area contributed by atoms with Gasteiger partial charge in [-0.3, -0.25) is 4.79 Å². The van der Waals surface area contributed by atoms with Crippen molar-refractivity contribution in [2.45, 2.75) is 19.1 Å². The second-order valence-corrected chi connectivity index (χ2v) is 6.91. The number of hydrogen-bond acceptors (Lipinski definition) is 6. The summed E-state index contributed by atoms with van der Waals surface area (Å²) in [6, 6.07) is 12.6. The van der Waals surface area contributed by atoms with E-state index in [0.717, 1.165) is 5.56 Å². The Morgan fingerprint density at radius 2 is 2.06 bits per heavy atom. The number of imidazole rings is 1. The molecular formula is C21H20ClN5O4. The molecule has 3 aromatic rings. The number of hydrazone groups is 1. The SMILES string of the molecule is O=C(N[C@H](Cc1cnc[nH]1)C(=O)N/N=C\c1cc(Cl)ccc1O)OCc1ccccc1. The number of phenols is 1. The third kappa shape index (κ3) is 6.86. The molecule has 2 aromatic carbocycles. The maximum Gasteiger partial charge on any atom is 0.408 e. The van der Waals surface area contributed by atoms with Crippen LogP contribution in [0.25, 0.3) is 0 Å². The van der Waals surface area contributed by atoms with E-state index in [1.807, 2.05) is 30.3 Å². The van der Waals surface area contributed by atoms with Gasteiger partial charge in [-0.25, -0.2) is 15.2 Å². The van der Waals surface area contributed by atoms with E-state index in [-0.39, 0.29) is 18.8 Å². The lowest BCUT2D eigenvalue weighted by molar-refractivity contribution is -0.123. The minimum Gasteiger partial charge on any atom is -0.507 e. The number of halogens is 1. The molecule has 1 aromatic heterocycles. The lowest BCUT2D eigenvalue weighted by Gasteiger charge is -2.16. The van der Waals surface area contributed by atoms with Crippen molar-refractivity contribution in [3.63, 3.8) is 0 Å². The Balaban J connectivity index is 1.61. The molecule has 0 bridgehead atoms. The molecule has 0 aliphatic heterocycles. The standard InChI is InChI=1S/C21H20ClN5O4/c22-16-6-7-19(28)15(8-16)10-25-27-20(29)18(9-17-11-23-13-24-17)26-21(30)31-12-14-4-2-1-3-5-14/h1-8,10-11,13,18,28H,9,12H2,(H,23,24)(H,26,30)(H,27,29)/b25-10-/t18-/m1/s1. The molecule has 0 aliphatic rings. The summed E-state index contributed by atoms with van der Waals surface area (Å²) in [6.45, 7) is 0.0667. The topological polar surface area (TPSA) is 129 Å². The molecule has 0 radical (unpaired) electrons. The van der Waals surface area contributed by atoms with Gasteiger partial charge in [0.1, 0.15) is 18.4 Å². The van der Waals surface area contributed by atoms with Gasteiger partial charge in [0.05, 0.1) is 12.5 Å². The number of carbonyl (C=O) groups excluding carboxylic acids is 2. The molecule has 1 heterocycles. The fraction of sp³-hybridized carbons (Fsp3) is 0.143. The lowest BCUT2D eigenvalue weighted by Crippen LogP contribution is -2.47. The van der Waals surface area contributed by atoms with Crippen LogP contribution >= 0.6 is 11.6 Å². The van der Waals surface area contributed by atoms with E-state index in [4.69, 9.17) is 16.3 Å². The molecule has 160 valence electrons. The van der Waals surface area contributed by atoms with Gasteiger partial charge in [-0.05, 0) is 23.8 Å². The van der Waals surface area contributed by atoms with E-state index < -0.39 is 18.0 Å². The summed E-state index contributed by atoms with van der Waals surface area (Å²) in [6.07, 6.45) is 3.66. The number of ether oxygens (including phenoxy) is 1. The highest BCUT2D eigenvalue weighted by atomic mass is 35.5. The number of benzene rings is 2. The van der Waals surface area contributed by atoms with Crippen molar-refractivity contribution in [2.24, 2.45) is 5.10 Å². The van der Waals surface area contributed by atoms with Crippen molar-refractivity contribution in [3.05, 3.63) is 82.9 Å². The Hall–Kier alpha value is -3.85. The van der Waals surface area contributed by atoms with Crippen molar-refractivity contribution >= 4 is 29.8 Å². The van der Waals surface area contributed by atoms with Crippen molar-refractivity contribution in [1.29, 1.82) is 0 Å². The lowest BCUT2D eigenvalue weighted by atomic mass is 10.1. The molecule has 31 heavy (non-hydrogen) atoms. The molecule has 4 N–H and O–H groups in total. The monoisotopic (exact) mass is 441 g/mol. The highest BCUT2D eigenvalue weighted by Gasteiger charge is 2.22. The van der Waals surface area contributed by atoms with Crippen LogP contribution in [0.5, 0.6) is 5.75 Å². The molecule has 9 nitrogen and oxygen atoms in total. The number of aromatic hydroxyl groups is 1. The molecule has 3 rings (SSSR count). The zero-order valence-corrected chi connectivity index (χ0v) is 17.0. The van der Waals surface area contributed by atoms with E-state index in [1.165, 1.54) is 30.7 Å². The third-order valence-electron chi connectivity index (χ3n) is 4.17. The van der Waals surface area contributed by atoms with Crippen molar-refractivity contribution in [2.75, 3.05) is 0 Å². The first-order valence-electron chi connectivity index (χ1n) is 9.27. The second-order valence-electron chi connectivity index (χ2n) is 6.48. The Morgan fingerprint density at radius 1 is 1.26 bits per heavy atom. The maximum atomic E-state index is 12.6. The number of aromatic amines is 1. The summed E-state index contributed by atoms with van der Waals surface area (Å²) < 4.78 is 5.19. The van der Waals surface area contributed by atoms with Crippen LogP contribution in [0.3, 0.4) is 0 Å². The van der Waals surface area contributed by atoms with Gasteiger partial charge in [0.2, 0.25) is 0 Å². The molecule has 0 spiro atoms. The highest BCUT2D eigenvalue weighted by molar-refractivity contribution is 6.30. The molecule has 0 saturated heterocycles. The molecule has 0 saturated carbocycles. The largest absolute Gasteiger partial charge is 0.507 e. The van der Waals surface area contributed by atoms with Crippen LogP contribution in [0.4, 0.5) is 4.79 Å². The van der Waals surface area contributed by atoms with Crippen LogP contribution in [0.1, 0.15) is 16.8 Å². The van der Waals surface area contributed by atoms with Crippen LogP contribution in [-0.4, -0.2) is 39.3 Å². The summed E-state index contributed by atoms with van der Waals surface area (Å²) >= 11 is 5.89. The molecule has 0 aliphatic carbocycles. The predicted octanol–water partition coefficient (Wildman–Crippen LogP) is 2.76. The number of nitrogens with zero attached hydrogens (tertiary/aromatic N) is 2. The summed E-state index contributed by atoms with van der Waals surface area (Å²) in [5.74, 6) is -0.622. The zero-order chi connectivity index (χ0) is 22.1. The van der Waals surface area contributed by atoms with Gasteiger partial charge in [-0.2, -0.15) is 5.10 Å². The first-order chi connectivity index (χ1) is 15.0. The van der Waals surface area contributed by atoms with E-state index in [1.54, 1.807) is 6.20 Å².